The highest BCUT2D eigenvalue weighted by molar-refractivity contribution is 6.38. The molecule has 1 heterocycles. The SMILES string of the molecule is CNCCN(C(C)=O)c1ccc(NC(=C2C(=O)Nc3cc(Cl)ccc32)c2cccc(CC(=O)O)c2)cc1. The van der Waals surface area contributed by atoms with Crippen LogP contribution in [0.2, 0.25) is 5.02 Å². The summed E-state index contributed by atoms with van der Waals surface area (Å²) in [4.78, 5) is 38.3. The Labute approximate surface area is 219 Å². The van der Waals surface area contributed by atoms with Crippen LogP contribution in [0.5, 0.6) is 0 Å². The van der Waals surface area contributed by atoms with Crippen molar-refractivity contribution in [1.29, 1.82) is 0 Å². The third kappa shape index (κ3) is 5.99. The van der Waals surface area contributed by atoms with E-state index in [2.05, 4.69) is 16.0 Å². The van der Waals surface area contributed by atoms with Gasteiger partial charge in [-0.15, -0.1) is 0 Å². The fourth-order valence-corrected chi connectivity index (χ4v) is 4.42. The molecule has 0 saturated carbocycles. The number of likely N-dealkylation sites (N-methyl/N-ethyl adjacent to an activating group) is 1. The van der Waals surface area contributed by atoms with E-state index in [1.54, 1.807) is 41.3 Å². The Kier molecular flexibility index (Phi) is 7.91. The number of hydrogen-bond donors (Lipinski definition) is 4. The molecule has 0 bridgehead atoms. The molecule has 0 aliphatic carbocycles. The summed E-state index contributed by atoms with van der Waals surface area (Å²) < 4.78 is 0. The Morgan fingerprint density at radius 3 is 2.49 bits per heavy atom. The van der Waals surface area contributed by atoms with E-state index in [0.717, 1.165) is 5.69 Å². The van der Waals surface area contributed by atoms with Gasteiger partial charge in [0.2, 0.25) is 5.91 Å². The van der Waals surface area contributed by atoms with Crippen molar-refractivity contribution in [2.45, 2.75) is 13.3 Å². The minimum atomic E-state index is -0.943. The summed E-state index contributed by atoms with van der Waals surface area (Å²) in [6, 6.07) is 19.6. The summed E-state index contributed by atoms with van der Waals surface area (Å²) in [5, 5.41) is 19.0. The first-order chi connectivity index (χ1) is 17.8. The number of rotatable bonds is 9. The molecule has 8 nitrogen and oxygen atoms in total. The molecule has 4 rings (SSSR count). The molecule has 0 atom stereocenters. The average Bonchev–Trinajstić information content (AvgIpc) is 3.17. The first-order valence-electron chi connectivity index (χ1n) is 11.7. The molecular weight excluding hydrogens is 492 g/mol. The maximum absolute atomic E-state index is 13.1. The van der Waals surface area contributed by atoms with E-state index in [-0.39, 0.29) is 18.2 Å². The van der Waals surface area contributed by atoms with Gasteiger partial charge < -0.3 is 26.0 Å². The van der Waals surface area contributed by atoms with Gasteiger partial charge in [-0.2, -0.15) is 0 Å². The van der Waals surface area contributed by atoms with Crippen molar-refractivity contribution in [2.75, 3.05) is 35.7 Å². The standard InChI is InChI=1S/C28H27ClN4O4/c1-17(34)33(13-12-30-2)22-9-7-21(8-10-22)31-27(19-5-3-4-18(14-19)15-25(35)36)26-23-11-6-20(29)16-24(23)32-28(26)37/h3-11,14,16,30-31H,12-13,15H2,1-2H3,(H,32,37)(H,35,36). The molecule has 0 unspecified atom stereocenters. The van der Waals surface area contributed by atoms with Gasteiger partial charge in [0.25, 0.3) is 5.91 Å². The van der Waals surface area contributed by atoms with Crippen molar-refractivity contribution in [3.8, 4) is 0 Å². The van der Waals surface area contributed by atoms with Gasteiger partial charge in [-0.05, 0) is 60.6 Å². The van der Waals surface area contributed by atoms with Crippen LogP contribution in [0.1, 0.15) is 23.6 Å². The second kappa shape index (κ2) is 11.3. The van der Waals surface area contributed by atoms with E-state index in [1.807, 2.05) is 37.4 Å². The van der Waals surface area contributed by atoms with E-state index < -0.39 is 5.97 Å². The number of benzene rings is 3. The van der Waals surface area contributed by atoms with E-state index in [4.69, 9.17) is 11.6 Å². The largest absolute Gasteiger partial charge is 0.481 e. The molecule has 3 aromatic carbocycles. The van der Waals surface area contributed by atoms with Crippen molar-refractivity contribution in [3.05, 3.63) is 88.4 Å². The van der Waals surface area contributed by atoms with Gasteiger partial charge >= 0.3 is 5.97 Å². The lowest BCUT2D eigenvalue weighted by molar-refractivity contribution is -0.136. The lowest BCUT2D eigenvalue weighted by Gasteiger charge is -2.22. The van der Waals surface area contributed by atoms with Gasteiger partial charge in [0.05, 0.1) is 23.4 Å². The molecule has 0 fully saturated rings. The van der Waals surface area contributed by atoms with Gasteiger partial charge in [-0.25, -0.2) is 0 Å². The van der Waals surface area contributed by atoms with Crippen LogP contribution in [0.4, 0.5) is 17.1 Å². The number of hydrogen-bond acceptors (Lipinski definition) is 5. The van der Waals surface area contributed by atoms with E-state index in [1.165, 1.54) is 6.92 Å². The van der Waals surface area contributed by atoms with Crippen LogP contribution in [-0.4, -0.2) is 43.0 Å². The Bertz CT molecular complexity index is 1390. The number of carboxylic acids is 1. The van der Waals surface area contributed by atoms with Crippen LogP contribution in [0, 0.1) is 0 Å². The minimum absolute atomic E-state index is 0.0630. The molecule has 37 heavy (non-hydrogen) atoms. The number of nitrogens with zero attached hydrogens (tertiary/aromatic N) is 1. The monoisotopic (exact) mass is 518 g/mol. The van der Waals surface area contributed by atoms with E-state index in [9.17, 15) is 19.5 Å². The van der Waals surface area contributed by atoms with Crippen LogP contribution in [-0.2, 0) is 20.8 Å². The third-order valence-electron chi connectivity index (χ3n) is 5.96. The van der Waals surface area contributed by atoms with Gasteiger partial charge in [0.1, 0.15) is 0 Å². The highest BCUT2D eigenvalue weighted by Gasteiger charge is 2.29. The van der Waals surface area contributed by atoms with Crippen molar-refractivity contribution in [2.24, 2.45) is 0 Å². The van der Waals surface area contributed by atoms with Crippen LogP contribution in [0.3, 0.4) is 0 Å². The van der Waals surface area contributed by atoms with Gasteiger partial charge in [0, 0.05) is 42.0 Å². The van der Waals surface area contributed by atoms with Crippen molar-refractivity contribution in [1.82, 2.24) is 5.32 Å². The van der Waals surface area contributed by atoms with Crippen molar-refractivity contribution < 1.29 is 19.5 Å². The number of aliphatic carboxylic acids is 1. The first kappa shape index (κ1) is 25.9. The Balaban J connectivity index is 1.77. The molecular formula is C28H27ClN4O4. The number of fused-ring (bicyclic) bond motifs is 1. The lowest BCUT2D eigenvalue weighted by atomic mass is 9.98. The molecule has 1 aliphatic rings. The number of carboxylic acid groups (broad SMARTS) is 1. The average molecular weight is 519 g/mol. The fourth-order valence-electron chi connectivity index (χ4n) is 4.24. The number of carbonyl (C=O) groups is 3. The summed E-state index contributed by atoms with van der Waals surface area (Å²) in [6.07, 6.45) is -0.142. The number of amides is 2. The second-order valence-electron chi connectivity index (χ2n) is 8.61. The summed E-state index contributed by atoms with van der Waals surface area (Å²) >= 11 is 6.14. The molecule has 0 saturated heterocycles. The summed E-state index contributed by atoms with van der Waals surface area (Å²) in [7, 11) is 1.83. The maximum atomic E-state index is 13.1. The smallest absolute Gasteiger partial charge is 0.307 e. The molecule has 1 aliphatic heterocycles. The fraction of sp³-hybridized carbons (Fsp3) is 0.179. The molecule has 3 aromatic rings. The highest BCUT2D eigenvalue weighted by Crippen LogP contribution is 2.39. The van der Waals surface area contributed by atoms with Crippen LogP contribution in [0.25, 0.3) is 11.3 Å². The molecule has 4 N–H and O–H groups in total. The van der Waals surface area contributed by atoms with Crippen LogP contribution in [0.15, 0.2) is 66.7 Å². The Morgan fingerprint density at radius 1 is 1.05 bits per heavy atom. The van der Waals surface area contributed by atoms with Gasteiger partial charge in [0.15, 0.2) is 0 Å². The van der Waals surface area contributed by atoms with E-state index in [0.29, 0.717) is 57.4 Å². The highest BCUT2D eigenvalue weighted by atomic mass is 35.5. The normalized spacial score (nSPS) is 13.5. The predicted molar refractivity (Wildman–Crippen MR) is 147 cm³/mol. The molecule has 0 spiro atoms. The van der Waals surface area contributed by atoms with Crippen molar-refractivity contribution >= 4 is 57.7 Å². The zero-order valence-electron chi connectivity index (χ0n) is 20.5. The van der Waals surface area contributed by atoms with Crippen molar-refractivity contribution in [3.63, 3.8) is 0 Å². The zero-order valence-corrected chi connectivity index (χ0v) is 21.2. The van der Waals surface area contributed by atoms with Crippen LogP contribution < -0.4 is 20.9 Å². The minimum Gasteiger partial charge on any atom is -0.481 e. The summed E-state index contributed by atoms with van der Waals surface area (Å²) in [6.45, 7) is 2.71. The predicted octanol–water partition coefficient (Wildman–Crippen LogP) is 4.47. The Morgan fingerprint density at radius 2 is 1.81 bits per heavy atom. The number of nitrogens with one attached hydrogen (secondary N) is 3. The summed E-state index contributed by atoms with van der Waals surface area (Å²) in [5.41, 5.74) is 4.95. The molecule has 190 valence electrons. The maximum Gasteiger partial charge on any atom is 0.307 e. The third-order valence-corrected chi connectivity index (χ3v) is 6.20. The number of anilines is 3. The van der Waals surface area contributed by atoms with E-state index >= 15 is 0 Å². The molecule has 0 radical (unpaired) electrons. The molecule has 9 heteroatoms. The second-order valence-corrected chi connectivity index (χ2v) is 9.05. The van der Waals surface area contributed by atoms with Crippen LogP contribution >= 0.6 is 11.6 Å². The molecule has 0 aromatic heterocycles. The lowest BCUT2D eigenvalue weighted by Crippen LogP contribution is -2.34. The summed E-state index contributed by atoms with van der Waals surface area (Å²) in [5.74, 6) is -1.30. The van der Waals surface area contributed by atoms with Gasteiger partial charge in [-0.3, -0.25) is 14.4 Å². The first-order valence-corrected chi connectivity index (χ1v) is 12.1. The quantitative estimate of drug-likeness (QED) is 0.311. The topological polar surface area (TPSA) is 111 Å². The molecule has 2 amide bonds. The van der Waals surface area contributed by atoms with Gasteiger partial charge in [-0.1, -0.05) is 35.9 Å². The Hall–Kier alpha value is -4.14. The number of halogens is 1. The number of carbonyl (C=O) groups excluding carboxylic acids is 2. The zero-order chi connectivity index (χ0) is 26.5.